The number of hydrogen-bond donors (Lipinski definition) is 1. The van der Waals surface area contributed by atoms with Crippen LogP contribution in [0.5, 0.6) is 17.2 Å². The Balaban J connectivity index is 1.82. The van der Waals surface area contributed by atoms with Crippen molar-refractivity contribution in [3.05, 3.63) is 95.1 Å². The third-order valence-corrected chi connectivity index (χ3v) is 5.82. The average molecular weight is 459 g/mol. The zero-order chi connectivity index (χ0) is 24.2. The van der Waals surface area contributed by atoms with Crippen LogP contribution < -0.4 is 14.2 Å². The number of ketones is 1. The molecule has 0 saturated carbocycles. The maximum atomic E-state index is 13.2. The summed E-state index contributed by atoms with van der Waals surface area (Å²) in [5.41, 5.74) is 1.93. The summed E-state index contributed by atoms with van der Waals surface area (Å²) in [7, 11) is 4.64. The highest BCUT2D eigenvalue weighted by atomic mass is 16.5. The number of ether oxygens (including phenoxy) is 3. The van der Waals surface area contributed by atoms with Gasteiger partial charge in [0.1, 0.15) is 11.5 Å². The molecule has 1 aliphatic rings. The van der Waals surface area contributed by atoms with Gasteiger partial charge in [-0.2, -0.15) is 0 Å². The maximum Gasteiger partial charge on any atom is 0.295 e. The summed E-state index contributed by atoms with van der Waals surface area (Å²) in [6.07, 6.45) is 0. The SMILES string of the molecule is COc1ccc(C2/C(=C(\O)c3ccccc3)C(=O)C(=O)N2Cc2ccc(OC)c(OC)c2)cc1. The van der Waals surface area contributed by atoms with Crippen molar-refractivity contribution in [3.63, 3.8) is 0 Å². The van der Waals surface area contributed by atoms with Crippen LogP contribution >= 0.6 is 0 Å². The molecule has 0 aliphatic carbocycles. The standard InChI is InChI=1S/C27H25NO6/c1-32-20-12-10-18(11-13-20)24-23(25(29)19-7-5-4-6-8-19)26(30)27(31)28(24)16-17-9-14-21(33-2)22(15-17)34-3/h4-15,24,29H,16H2,1-3H3/b25-23+. The smallest absolute Gasteiger partial charge is 0.295 e. The van der Waals surface area contributed by atoms with E-state index in [4.69, 9.17) is 14.2 Å². The number of rotatable bonds is 7. The summed E-state index contributed by atoms with van der Waals surface area (Å²) >= 11 is 0. The van der Waals surface area contributed by atoms with Gasteiger partial charge in [0.2, 0.25) is 0 Å². The van der Waals surface area contributed by atoms with E-state index in [0.717, 1.165) is 5.56 Å². The average Bonchev–Trinajstić information content (AvgIpc) is 3.13. The van der Waals surface area contributed by atoms with E-state index >= 15 is 0 Å². The Bertz CT molecular complexity index is 1230. The van der Waals surface area contributed by atoms with E-state index in [0.29, 0.717) is 28.4 Å². The zero-order valence-electron chi connectivity index (χ0n) is 19.1. The molecule has 4 rings (SSSR count). The second kappa shape index (κ2) is 9.70. The van der Waals surface area contributed by atoms with Crippen LogP contribution in [0.1, 0.15) is 22.7 Å². The number of methoxy groups -OCH3 is 3. The van der Waals surface area contributed by atoms with E-state index in [1.54, 1.807) is 74.9 Å². The summed E-state index contributed by atoms with van der Waals surface area (Å²) in [4.78, 5) is 27.8. The monoisotopic (exact) mass is 459 g/mol. The fourth-order valence-electron chi connectivity index (χ4n) is 4.10. The number of benzene rings is 3. The molecular weight excluding hydrogens is 434 g/mol. The van der Waals surface area contributed by atoms with E-state index in [1.165, 1.54) is 12.0 Å². The molecule has 1 aliphatic heterocycles. The summed E-state index contributed by atoms with van der Waals surface area (Å²) < 4.78 is 15.9. The van der Waals surface area contributed by atoms with Crippen molar-refractivity contribution < 1.29 is 28.9 Å². The van der Waals surface area contributed by atoms with Crippen molar-refractivity contribution >= 4 is 17.4 Å². The number of aliphatic hydroxyl groups excluding tert-OH is 1. The van der Waals surface area contributed by atoms with Gasteiger partial charge in [-0.05, 0) is 35.4 Å². The van der Waals surface area contributed by atoms with Crippen LogP contribution in [-0.4, -0.2) is 43.0 Å². The van der Waals surface area contributed by atoms with Gasteiger partial charge in [0.05, 0.1) is 32.9 Å². The molecule has 1 unspecified atom stereocenters. The van der Waals surface area contributed by atoms with Crippen LogP contribution in [0.3, 0.4) is 0 Å². The van der Waals surface area contributed by atoms with Crippen LogP contribution in [0, 0.1) is 0 Å². The van der Waals surface area contributed by atoms with Crippen molar-refractivity contribution in [2.75, 3.05) is 21.3 Å². The number of aliphatic hydroxyl groups is 1. The summed E-state index contributed by atoms with van der Waals surface area (Å²) in [5, 5.41) is 11.1. The number of Topliss-reactive ketones (excluding diaryl/α,β-unsaturated/α-hetero) is 1. The van der Waals surface area contributed by atoms with Crippen LogP contribution in [0.15, 0.2) is 78.4 Å². The molecule has 7 nitrogen and oxygen atoms in total. The minimum atomic E-state index is -0.779. The molecule has 34 heavy (non-hydrogen) atoms. The molecule has 0 radical (unpaired) electrons. The Kier molecular flexibility index (Phi) is 6.54. The molecule has 1 amide bonds. The molecule has 1 fully saturated rings. The van der Waals surface area contributed by atoms with Gasteiger partial charge in [0.15, 0.2) is 11.5 Å². The first kappa shape index (κ1) is 22.9. The topological polar surface area (TPSA) is 85.3 Å². The van der Waals surface area contributed by atoms with Gasteiger partial charge in [-0.3, -0.25) is 9.59 Å². The molecule has 3 aromatic carbocycles. The lowest BCUT2D eigenvalue weighted by Gasteiger charge is -2.26. The van der Waals surface area contributed by atoms with Crippen molar-refractivity contribution in [1.29, 1.82) is 0 Å². The Morgan fingerprint density at radius 3 is 2.15 bits per heavy atom. The van der Waals surface area contributed by atoms with E-state index in [-0.39, 0.29) is 17.9 Å². The normalized spacial score (nSPS) is 17.0. The molecule has 3 aromatic rings. The van der Waals surface area contributed by atoms with Gasteiger partial charge in [-0.1, -0.05) is 48.5 Å². The third-order valence-electron chi connectivity index (χ3n) is 5.82. The van der Waals surface area contributed by atoms with Crippen LogP contribution in [0.2, 0.25) is 0 Å². The summed E-state index contributed by atoms with van der Waals surface area (Å²) in [6.45, 7) is 0.132. The van der Waals surface area contributed by atoms with Gasteiger partial charge >= 0.3 is 0 Å². The predicted molar refractivity (Wildman–Crippen MR) is 127 cm³/mol. The largest absolute Gasteiger partial charge is 0.507 e. The number of carbonyl (C=O) groups is 2. The maximum absolute atomic E-state index is 13.2. The number of carbonyl (C=O) groups excluding carboxylic acids is 2. The third kappa shape index (κ3) is 4.20. The van der Waals surface area contributed by atoms with Crippen molar-refractivity contribution in [1.82, 2.24) is 4.90 Å². The lowest BCUT2D eigenvalue weighted by atomic mass is 9.95. The second-order valence-corrected chi connectivity index (χ2v) is 7.76. The van der Waals surface area contributed by atoms with E-state index in [9.17, 15) is 14.7 Å². The molecule has 174 valence electrons. The fraction of sp³-hybridized carbons (Fsp3) is 0.185. The lowest BCUT2D eigenvalue weighted by Crippen LogP contribution is -2.29. The van der Waals surface area contributed by atoms with Gasteiger partial charge in [0.25, 0.3) is 11.7 Å². The molecule has 1 N–H and O–H groups in total. The van der Waals surface area contributed by atoms with Crippen molar-refractivity contribution in [2.24, 2.45) is 0 Å². The van der Waals surface area contributed by atoms with E-state index < -0.39 is 17.7 Å². The lowest BCUT2D eigenvalue weighted by molar-refractivity contribution is -0.140. The molecule has 0 spiro atoms. The molecular formula is C27H25NO6. The second-order valence-electron chi connectivity index (χ2n) is 7.76. The Morgan fingerprint density at radius 1 is 0.853 bits per heavy atom. The number of amides is 1. The minimum Gasteiger partial charge on any atom is -0.507 e. The van der Waals surface area contributed by atoms with E-state index in [2.05, 4.69) is 0 Å². The first-order valence-electron chi connectivity index (χ1n) is 10.7. The van der Waals surface area contributed by atoms with Crippen LogP contribution in [-0.2, 0) is 16.1 Å². The van der Waals surface area contributed by atoms with Gasteiger partial charge in [0, 0.05) is 12.1 Å². The first-order valence-corrected chi connectivity index (χ1v) is 10.7. The predicted octanol–water partition coefficient (Wildman–Crippen LogP) is 4.33. The molecule has 0 aromatic heterocycles. The molecule has 1 heterocycles. The Labute approximate surface area is 197 Å². The first-order chi connectivity index (χ1) is 16.5. The van der Waals surface area contributed by atoms with Crippen molar-refractivity contribution in [2.45, 2.75) is 12.6 Å². The van der Waals surface area contributed by atoms with Crippen LogP contribution in [0.4, 0.5) is 0 Å². The summed E-state index contributed by atoms with van der Waals surface area (Å²) in [6, 6.07) is 20.4. The van der Waals surface area contributed by atoms with Gasteiger partial charge in [-0.25, -0.2) is 0 Å². The Morgan fingerprint density at radius 2 is 1.53 bits per heavy atom. The molecule has 1 atom stereocenters. The summed E-state index contributed by atoms with van der Waals surface area (Å²) in [5.74, 6) is 0.0833. The number of hydrogen-bond acceptors (Lipinski definition) is 6. The molecule has 0 bridgehead atoms. The number of likely N-dealkylation sites (tertiary alicyclic amines) is 1. The molecule has 1 saturated heterocycles. The minimum absolute atomic E-state index is 0.0434. The fourth-order valence-corrected chi connectivity index (χ4v) is 4.10. The Hall–Kier alpha value is -4.26. The van der Waals surface area contributed by atoms with Crippen LogP contribution in [0.25, 0.3) is 5.76 Å². The zero-order valence-corrected chi connectivity index (χ0v) is 19.1. The highest BCUT2D eigenvalue weighted by molar-refractivity contribution is 6.46. The highest BCUT2D eigenvalue weighted by Crippen LogP contribution is 2.41. The molecule has 7 heteroatoms. The highest BCUT2D eigenvalue weighted by Gasteiger charge is 2.46. The van der Waals surface area contributed by atoms with Gasteiger partial charge < -0.3 is 24.2 Å². The van der Waals surface area contributed by atoms with Crippen molar-refractivity contribution in [3.8, 4) is 17.2 Å². The van der Waals surface area contributed by atoms with Gasteiger partial charge in [-0.15, -0.1) is 0 Å². The van der Waals surface area contributed by atoms with E-state index in [1.807, 2.05) is 12.1 Å². The quantitative estimate of drug-likeness (QED) is 0.322. The number of nitrogens with zero attached hydrogens (tertiary/aromatic N) is 1.